The maximum atomic E-state index is 13.3. The van der Waals surface area contributed by atoms with Gasteiger partial charge in [-0.05, 0) is 61.7 Å². The summed E-state index contributed by atoms with van der Waals surface area (Å²) in [4.78, 5) is 26.3. The minimum Gasteiger partial charge on any atom is -0.452 e. The standard InChI is InChI=1S/C22H25FN2O5S/c1-2-24(15-17-6-5-7-19(23)14-17)21(26)16-30-22(27)18-8-10-20(11-9-18)31(28,29)25-12-3-4-13-25/h5-11,14H,2-4,12-13,15-16H2,1H3. The topological polar surface area (TPSA) is 84.0 Å². The number of halogens is 1. The molecule has 2 aromatic rings. The monoisotopic (exact) mass is 448 g/mol. The molecule has 0 unspecified atom stereocenters. The van der Waals surface area contributed by atoms with E-state index in [1.807, 2.05) is 0 Å². The van der Waals surface area contributed by atoms with Gasteiger partial charge in [0.2, 0.25) is 10.0 Å². The van der Waals surface area contributed by atoms with Crippen molar-refractivity contribution in [3.05, 3.63) is 65.5 Å². The molecular weight excluding hydrogens is 423 g/mol. The highest BCUT2D eigenvalue weighted by atomic mass is 32.2. The first-order valence-corrected chi connectivity index (χ1v) is 11.5. The molecule has 0 spiro atoms. The lowest BCUT2D eigenvalue weighted by atomic mass is 10.2. The molecule has 9 heteroatoms. The van der Waals surface area contributed by atoms with Crippen LogP contribution in [0.15, 0.2) is 53.4 Å². The largest absolute Gasteiger partial charge is 0.452 e. The summed E-state index contributed by atoms with van der Waals surface area (Å²) in [6, 6.07) is 11.4. The number of esters is 1. The van der Waals surface area contributed by atoms with E-state index >= 15 is 0 Å². The average molecular weight is 449 g/mol. The molecule has 166 valence electrons. The maximum Gasteiger partial charge on any atom is 0.338 e. The molecule has 0 atom stereocenters. The van der Waals surface area contributed by atoms with E-state index in [2.05, 4.69) is 0 Å². The molecule has 0 saturated carbocycles. The van der Waals surface area contributed by atoms with Gasteiger partial charge in [-0.25, -0.2) is 17.6 Å². The molecule has 1 heterocycles. The van der Waals surface area contributed by atoms with Gasteiger partial charge in [0.05, 0.1) is 10.5 Å². The van der Waals surface area contributed by atoms with Crippen LogP contribution in [0.3, 0.4) is 0 Å². The quantitative estimate of drug-likeness (QED) is 0.580. The highest BCUT2D eigenvalue weighted by Crippen LogP contribution is 2.21. The Balaban J connectivity index is 1.57. The van der Waals surface area contributed by atoms with Gasteiger partial charge in [-0.2, -0.15) is 4.31 Å². The van der Waals surface area contributed by atoms with Crippen molar-refractivity contribution >= 4 is 21.9 Å². The lowest BCUT2D eigenvalue weighted by Gasteiger charge is -2.21. The summed E-state index contributed by atoms with van der Waals surface area (Å²) in [5.74, 6) is -1.52. The van der Waals surface area contributed by atoms with Crippen molar-refractivity contribution in [3.63, 3.8) is 0 Å². The third kappa shape index (κ3) is 5.68. The predicted molar refractivity (Wildman–Crippen MR) is 112 cm³/mol. The molecule has 0 radical (unpaired) electrons. The zero-order valence-electron chi connectivity index (χ0n) is 17.3. The number of carbonyl (C=O) groups excluding carboxylic acids is 2. The van der Waals surface area contributed by atoms with E-state index in [4.69, 9.17) is 4.74 Å². The van der Waals surface area contributed by atoms with Crippen LogP contribution in [0.2, 0.25) is 0 Å². The number of benzene rings is 2. The summed E-state index contributed by atoms with van der Waals surface area (Å²) in [5.41, 5.74) is 0.790. The fraction of sp³-hybridized carbons (Fsp3) is 0.364. The first-order chi connectivity index (χ1) is 14.8. The number of hydrogen-bond acceptors (Lipinski definition) is 5. The molecule has 31 heavy (non-hydrogen) atoms. The molecule has 2 aromatic carbocycles. The van der Waals surface area contributed by atoms with Gasteiger partial charge in [0.25, 0.3) is 5.91 Å². The van der Waals surface area contributed by atoms with E-state index in [9.17, 15) is 22.4 Å². The molecule has 1 aliphatic heterocycles. The van der Waals surface area contributed by atoms with Gasteiger partial charge in [-0.15, -0.1) is 0 Å². The van der Waals surface area contributed by atoms with E-state index in [-0.39, 0.29) is 22.8 Å². The molecule has 0 N–H and O–H groups in total. The predicted octanol–water partition coefficient (Wildman–Crippen LogP) is 2.82. The summed E-state index contributed by atoms with van der Waals surface area (Å²) in [5, 5.41) is 0. The Hall–Kier alpha value is -2.78. The Kier molecular flexibility index (Phi) is 7.40. The van der Waals surface area contributed by atoms with Gasteiger partial charge in [0.15, 0.2) is 6.61 Å². The van der Waals surface area contributed by atoms with Crippen LogP contribution in [-0.2, 0) is 26.1 Å². The van der Waals surface area contributed by atoms with Gasteiger partial charge in [0, 0.05) is 26.2 Å². The second-order valence-electron chi connectivity index (χ2n) is 7.25. The van der Waals surface area contributed by atoms with Crippen LogP contribution >= 0.6 is 0 Å². The Morgan fingerprint density at radius 3 is 2.39 bits per heavy atom. The Labute approximate surface area is 181 Å². The lowest BCUT2D eigenvalue weighted by molar-refractivity contribution is -0.134. The van der Waals surface area contributed by atoms with Crippen LogP contribution in [0.4, 0.5) is 4.39 Å². The number of hydrogen-bond donors (Lipinski definition) is 0. The number of carbonyl (C=O) groups is 2. The van der Waals surface area contributed by atoms with E-state index in [1.54, 1.807) is 19.1 Å². The zero-order chi connectivity index (χ0) is 22.4. The number of likely N-dealkylation sites (N-methyl/N-ethyl adjacent to an activating group) is 1. The normalized spacial score (nSPS) is 14.4. The van der Waals surface area contributed by atoms with E-state index in [1.165, 1.54) is 45.6 Å². The van der Waals surface area contributed by atoms with E-state index in [0.29, 0.717) is 25.2 Å². The van der Waals surface area contributed by atoms with Crippen molar-refractivity contribution in [2.75, 3.05) is 26.2 Å². The van der Waals surface area contributed by atoms with Crippen LogP contribution in [0.1, 0.15) is 35.7 Å². The second-order valence-corrected chi connectivity index (χ2v) is 9.19. The van der Waals surface area contributed by atoms with Gasteiger partial charge in [0.1, 0.15) is 5.82 Å². The first kappa shape index (κ1) is 22.9. The SMILES string of the molecule is CCN(Cc1cccc(F)c1)C(=O)COC(=O)c1ccc(S(=O)(=O)N2CCCC2)cc1. The third-order valence-corrected chi connectivity index (χ3v) is 7.03. The molecule has 7 nitrogen and oxygen atoms in total. The summed E-state index contributed by atoms with van der Waals surface area (Å²) < 4.78 is 45.0. The molecule has 1 amide bonds. The Morgan fingerprint density at radius 1 is 1.10 bits per heavy atom. The molecule has 1 saturated heterocycles. The Bertz CT molecular complexity index is 1030. The van der Waals surface area contributed by atoms with Crippen molar-refractivity contribution in [3.8, 4) is 0 Å². The number of rotatable bonds is 8. The van der Waals surface area contributed by atoms with Gasteiger partial charge in [-0.3, -0.25) is 4.79 Å². The third-order valence-electron chi connectivity index (χ3n) is 5.12. The van der Waals surface area contributed by atoms with Crippen LogP contribution < -0.4 is 0 Å². The fourth-order valence-corrected chi connectivity index (χ4v) is 4.89. The van der Waals surface area contributed by atoms with Crippen molar-refractivity contribution in [1.29, 1.82) is 0 Å². The smallest absolute Gasteiger partial charge is 0.338 e. The number of sulfonamides is 1. The zero-order valence-corrected chi connectivity index (χ0v) is 18.1. The van der Waals surface area contributed by atoms with Gasteiger partial charge in [-0.1, -0.05) is 12.1 Å². The molecular formula is C22H25FN2O5S. The molecule has 1 aliphatic rings. The second kappa shape index (κ2) is 10.0. The highest BCUT2D eigenvalue weighted by molar-refractivity contribution is 7.89. The molecule has 0 bridgehead atoms. The lowest BCUT2D eigenvalue weighted by Crippen LogP contribution is -2.34. The number of ether oxygens (including phenoxy) is 1. The fourth-order valence-electron chi connectivity index (χ4n) is 3.37. The van der Waals surface area contributed by atoms with Crippen LogP contribution in [0, 0.1) is 5.82 Å². The van der Waals surface area contributed by atoms with Crippen molar-refractivity contribution in [1.82, 2.24) is 9.21 Å². The van der Waals surface area contributed by atoms with Crippen LogP contribution in [0.25, 0.3) is 0 Å². The van der Waals surface area contributed by atoms with Crippen LogP contribution in [-0.4, -0.2) is 55.7 Å². The molecule has 0 aromatic heterocycles. The minimum absolute atomic E-state index is 0.120. The Morgan fingerprint density at radius 2 is 1.77 bits per heavy atom. The maximum absolute atomic E-state index is 13.3. The summed E-state index contributed by atoms with van der Waals surface area (Å²) >= 11 is 0. The highest BCUT2D eigenvalue weighted by Gasteiger charge is 2.27. The summed E-state index contributed by atoms with van der Waals surface area (Å²) in [7, 11) is -3.56. The van der Waals surface area contributed by atoms with E-state index in [0.717, 1.165) is 12.8 Å². The molecule has 3 rings (SSSR count). The van der Waals surface area contributed by atoms with E-state index < -0.39 is 28.5 Å². The summed E-state index contributed by atoms with van der Waals surface area (Å²) in [6.07, 6.45) is 1.68. The van der Waals surface area contributed by atoms with Gasteiger partial charge >= 0.3 is 5.97 Å². The minimum atomic E-state index is -3.56. The summed E-state index contributed by atoms with van der Waals surface area (Å²) in [6.45, 7) is 2.88. The molecule has 0 aliphatic carbocycles. The van der Waals surface area contributed by atoms with Crippen LogP contribution in [0.5, 0.6) is 0 Å². The van der Waals surface area contributed by atoms with Crippen molar-refractivity contribution in [2.24, 2.45) is 0 Å². The first-order valence-electron chi connectivity index (χ1n) is 10.1. The number of nitrogens with zero attached hydrogens (tertiary/aromatic N) is 2. The van der Waals surface area contributed by atoms with Crippen molar-refractivity contribution in [2.45, 2.75) is 31.2 Å². The van der Waals surface area contributed by atoms with Crippen molar-refractivity contribution < 1.29 is 27.1 Å². The average Bonchev–Trinajstić information content (AvgIpc) is 3.31. The van der Waals surface area contributed by atoms with Gasteiger partial charge < -0.3 is 9.64 Å². The molecule has 1 fully saturated rings. The number of amides is 1.